The van der Waals surface area contributed by atoms with Gasteiger partial charge in [0, 0.05) is 16.5 Å². The van der Waals surface area contributed by atoms with Crippen molar-refractivity contribution in [2.75, 3.05) is 0 Å². The van der Waals surface area contributed by atoms with Crippen LogP contribution in [0.15, 0.2) is 84.9 Å². The molecule has 1 aliphatic carbocycles. The average molecular weight is 330 g/mol. The molecule has 120 valence electrons. The molecule has 26 heavy (non-hydrogen) atoms. The monoisotopic (exact) mass is 330 g/mol. The molecule has 1 heteroatoms. The van der Waals surface area contributed by atoms with E-state index in [1.54, 1.807) is 0 Å². The first-order valence-electron chi connectivity index (χ1n) is 8.84. The minimum absolute atomic E-state index is 0.124. The quantitative estimate of drug-likeness (QED) is 0.296. The summed E-state index contributed by atoms with van der Waals surface area (Å²) in [4.78, 5) is 13.0. The number of hydrogen-bond donors (Lipinski definition) is 0. The molecule has 0 saturated carbocycles. The van der Waals surface area contributed by atoms with E-state index >= 15 is 0 Å². The van der Waals surface area contributed by atoms with E-state index in [1.165, 1.54) is 21.5 Å². The van der Waals surface area contributed by atoms with E-state index in [0.717, 1.165) is 33.0 Å². The summed E-state index contributed by atoms with van der Waals surface area (Å²) in [5, 5.41) is 7.18. The molecule has 5 aromatic carbocycles. The lowest BCUT2D eigenvalue weighted by atomic mass is 9.81. The maximum atomic E-state index is 13.0. The summed E-state index contributed by atoms with van der Waals surface area (Å²) < 4.78 is 0. The zero-order valence-electron chi connectivity index (χ0n) is 14.0. The average Bonchev–Trinajstić information content (AvgIpc) is 2.71. The molecule has 0 unspecified atom stereocenters. The molecule has 5 aromatic rings. The van der Waals surface area contributed by atoms with E-state index in [1.807, 2.05) is 30.3 Å². The standard InChI is InChI=1S/C25H14O/c26-25-20-9-4-3-8-17(20)23-14-22-16-7-2-1-6-15(16)12-13-18(22)19-10-5-11-21(25)24(19)23/h1-14H. The van der Waals surface area contributed by atoms with Crippen LogP contribution in [0.2, 0.25) is 0 Å². The van der Waals surface area contributed by atoms with Crippen molar-refractivity contribution in [1.29, 1.82) is 0 Å². The summed E-state index contributed by atoms with van der Waals surface area (Å²) >= 11 is 0. The fourth-order valence-corrected chi connectivity index (χ4v) is 4.43. The number of hydrogen-bond acceptors (Lipinski definition) is 1. The van der Waals surface area contributed by atoms with Gasteiger partial charge in [0.2, 0.25) is 0 Å². The van der Waals surface area contributed by atoms with Crippen LogP contribution in [-0.4, -0.2) is 5.78 Å². The summed E-state index contributed by atoms with van der Waals surface area (Å²) in [5.74, 6) is 0.124. The molecule has 6 rings (SSSR count). The first-order valence-corrected chi connectivity index (χ1v) is 8.84. The Balaban J connectivity index is 1.93. The van der Waals surface area contributed by atoms with E-state index < -0.39 is 0 Å². The van der Waals surface area contributed by atoms with Crippen LogP contribution in [-0.2, 0) is 0 Å². The number of carbonyl (C=O) groups excluding carboxylic acids is 1. The Morgan fingerprint density at radius 3 is 2.12 bits per heavy atom. The Hall–Kier alpha value is -3.45. The van der Waals surface area contributed by atoms with Crippen molar-refractivity contribution < 1.29 is 4.79 Å². The second-order valence-electron chi connectivity index (χ2n) is 6.91. The third-order valence-corrected chi connectivity index (χ3v) is 5.59. The van der Waals surface area contributed by atoms with Crippen LogP contribution in [0.5, 0.6) is 0 Å². The molecule has 0 radical (unpaired) electrons. The fourth-order valence-electron chi connectivity index (χ4n) is 4.43. The zero-order chi connectivity index (χ0) is 17.3. The van der Waals surface area contributed by atoms with Gasteiger partial charge < -0.3 is 0 Å². The van der Waals surface area contributed by atoms with Gasteiger partial charge in [0.15, 0.2) is 5.78 Å². The first kappa shape index (κ1) is 13.8. The van der Waals surface area contributed by atoms with Gasteiger partial charge in [-0.05, 0) is 44.1 Å². The Kier molecular flexibility index (Phi) is 2.55. The molecule has 0 bridgehead atoms. The van der Waals surface area contributed by atoms with Crippen molar-refractivity contribution in [1.82, 2.24) is 0 Å². The van der Waals surface area contributed by atoms with Crippen molar-refractivity contribution in [2.45, 2.75) is 0 Å². The van der Waals surface area contributed by atoms with Crippen molar-refractivity contribution in [2.24, 2.45) is 0 Å². The van der Waals surface area contributed by atoms with Gasteiger partial charge in [0.1, 0.15) is 0 Å². The molecule has 0 N–H and O–H groups in total. The molecule has 1 aliphatic rings. The highest BCUT2D eigenvalue weighted by molar-refractivity contribution is 6.31. The Morgan fingerprint density at radius 2 is 1.19 bits per heavy atom. The predicted octanol–water partition coefficient (Wildman–Crippen LogP) is 6.36. The minimum Gasteiger partial charge on any atom is -0.289 e. The first-order chi connectivity index (χ1) is 12.8. The van der Waals surface area contributed by atoms with E-state index in [0.29, 0.717) is 0 Å². The summed E-state index contributed by atoms with van der Waals surface area (Å²) in [6, 6.07) is 29.2. The van der Waals surface area contributed by atoms with Crippen molar-refractivity contribution >= 4 is 38.1 Å². The SMILES string of the molecule is O=C1c2ccccc2-c2cc3c4ccccc4ccc3c3cccc1c23. The Labute approximate surface area is 150 Å². The van der Waals surface area contributed by atoms with Crippen LogP contribution in [0, 0.1) is 0 Å². The molecule has 0 heterocycles. The molecule has 0 saturated heterocycles. The molecule has 0 atom stereocenters. The number of rotatable bonds is 0. The Bertz CT molecular complexity index is 1390. The lowest BCUT2D eigenvalue weighted by Gasteiger charge is -2.21. The summed E-state index contributed by atoms with van der Waals surface area (Å²) in [5.41, 5.74) is 3.81. The van der Waals surface area contributed by atoms with Gasteiger partial charge in [-0.2, -0.15) is 0 Å². The number of ketones is 1. The van der Waals surface area contributed by atoms with Crippen LogP contribution < -0.4 is 0 Å². The third-order valence-electron chi connectivity index (χ3n) is 5.59. The van der Waals surface area contributed by atoms with Crippen LogP contribution in [0.3, 0.4) is 0 Å². The number of carbonyl (C=O) groups is 1. The van der Waals surface area contributed by atoms with Gasteiger partial charge >= 0.3 is 0 Å². The maximum absolute atomic E-state index is 13.0. The van der Waals surface area contributed by atoms with Gasteiger partial charge in [-0.25, -0.2) is 0 Å². The molecular weight excluding hydrogens is 316 g/mol. The number of fused-ring (bicyclic) bond motifs is 6. The Morgan fingerprint density at radius 1 is 0.462 bits per heavy atom. The van der Waals surface area contributed by atoms with Gasteiger partial charge in [-0.1, -0.05) is 78.9 Å². The summed E-state index contributed by atoms with van der Waals surface area (Å²) in [6.07, 6.45) is 0. The molecule has 0 aliphatic heterocycles. The maximum Gasteiger partial charge on any atom is 0.194 e. The van der Waals surface area contributed by atoms with E-state index in [4.69, 9.17) is 0 Å². The topological polar surface area (TPSA) is 17.1 Å². The van der Waals surface area contributed by atoms with Gasteiger partial charge in [-0.15, -0.1) is 0 Å². The highest BCUT2D eigenvalue weighted by Crippen LogP contribution is 2.43. The van der Waals surface area contributed by atoms with Crippen LogP contribution in [0.25, 0.3) is 43.4 Å². The van der Waals surface area contributed by atoms with E-state index in [-0.39, 0.29) is 5.78 Å². The highest BCUT2D eigenvalue weighted by Gasteiger charge is 2.25. The number of benzene rings is 5. The van der Waals surface area contributed by atoms with Crippen LogP contribution in [0.1, 0.15) is 15.9 Å². The van der Waals surface area contributed by atoms with Gasteiger partial charge in [0.05, 0.1) is 0 Å². The lowest BCUT2D eigenvalue weighted by molar-refractivity contribution is 0.104. The normalized spacial score (nSPS) is 12.7. The van der Waals surface area contributed by atoms with Gasteiger partial charge in [-0.3, -0.25) is 4.79 Å². The predicted molar refractivity (Wildman–Crippen MR) is 108 cm³/mol. The summed E-state index contributed by atoms with van der Waals surface area (Å²) in [7, 11) is 0. The fraction of sp³-hybridized carbons (Fsp3) is 0. The molecule has 0 fully saturated rings. The van der Waals surface area contributed by atoms with Crippen molar-refractivity contribution in [3.63, 3.8) is 0 Å². The molecule has 0 spiro atoms. The highest BCUT2D eigenvalue weighted by atomic mass is 16.1. The largest absolute Gasteiger partial charge is 0.289 e. The lowest BCUT2D eigenvalue weighted by Crippen LogP contribution is -2.09. The van der Waals surface area contributed by atoms with Crippen molar-refractivity contribution in [3.8, 4) is 11.1 Å². The minimum atomic E-state index is 0.124. The second kappa shape index (κ2) is 4.80. The smallest absolute Gasteiger partial charge is 0.194 e. The molecular formula is C25H14O. The van der Waals surface area contributed by atoms with E-state index in [9.17, 15) is 4.79 Å². The molecule has 0 aromatic heterocycles. The second-order valence-corrected chi connectivity index (χ2v) is 6.91. The summed E-state index contributed by atoms with van der Waals surface area (Å²) in [6.45, 7) is 0. The van der Waals surface area contributed by atoms with Crippen molar-refractivity contribution in [3.05, 3.63) is 96.1 Å². The van der Waals surface area contributed by atoms with E-state index in [2.05, 4.69) is 54.6 Å². The third kappa shape index (κ3) is 1.62. The van der Waals surface area contributed by atoms with Gasteiger partial charge in [0.25, 0.3) is 0 Å². The van der Waals surface area contributed by atoms with Crippen LogP contribution >= 0.6 is 0 Å². The molecule has 0 amide bonds. The zero-order valence-corrected chi connectivity index (χ0v) is 14.0. The molecule has 1 nitrogen and oxygen atoms in total. The van der Waals surface area contributed by atoms with Crippen LogP contribution in [0.4, 0.5) is 0 Å².